The molecule has 118 valence electrons. The van der Waals surface area contributed by atoms with E-state index in [1.54, 1.807) is 0 Å². The fraction of sp³-hybridized carbons (Fsp3) is 0.333. The zero-order chi connectivity index (χ0) is 16.7. The predicted octanol–water partition coefficient (Wildman–Crippen LogP) is 0.826. The van der Waals surface area contributed by atoms with E-state index in [0.29, 0.717) is 11.8 Å². The second-order valence-electron chi connectivity index (χ2n) is 4.65. The van der Waals surface area contributed by atoms with Gasteiger partial charge in [-0.15, -0.1) is 0 Å². The molecule has 6 nitrogen and oxygen atoms in total. The van der Waals surface area contributed by atoms with Gasteiger partial charge in [-0.05, 0) is 37.1 Å². The lowest BCUT2D eigenvalue weighted by atomic mass is 10.0. The molecule has 0 aromatic heterocycles. The van der Waals surface area contributed by atoms with E-state index < -0.39 is 23.7 Å². The fourth-order valence-corrected chi connectivity index (χ4v) is 2.06. The van der Waals surface area contributed by atoms with Crippen LogP contribution in [-0.2, 0) is 14.4 Å². The first kappa shape index (κ1) is 17.5. The third-order valence-electron chi connectivity index (χ3n) is 3.21. The van der Waals surface area contributed by atoms with Crippen molar-refractivity contribution in [1.29, 1.82) is 0 Å². The highest BCUT2D eigenvalue weighted by Gasteiger charge is 2.30. The van der Waals surface area contributed by atoms with E-state index >= 15 is 0 Å². The first-order valence-corrected chi connectivity index (χ1v) is 6.65. The minimum absolute atomic E-state index is 0.0217. The average Bonchev–Trinajstić information content (AvgIpc) is 2.50. The number of nitrogens with zero attached hydrogens (tertiary/aromatic N) is 1. The van der Waals surface area contributed by atoms with Gasteiger partial charge in [0.2, 0.25) is 12.3 Å². The van der Waals surface area contributed by atoms with Gasteiger partial charge in [0.05, 0.1) is 0 Å². The standard InChI is InChI=1S/C15H17FN2O4/c1-10-8-11(16)5-6-12(10)15(22)18(9-20)13(4-3-7-19)14(21)17-2/h5-9,13H,3-4H2,1-2H3,(H,17,21). The maximum Gasteiger partial charge on any atom is 0.261 e. The van der Waals surface area contributed by atoms with Crippen LogP contribution in [0.15, 0.2) is 18.2 Å². The Labute approximate surface area is 127 Å². The summed E-state index contributed by atoms with van der Waals surface area (Å²) in [6.45, 7) is 1.53. The van der Waals surface area contributed by atoms with Crippen molar-refractivity contribution in [2.24, 2.45) is 0 Å². The summed E-state index contributed by atoms with van der Waals surface area (Å²) < 4.78 is 13.1. The monoisotopic (exact) mass is 308 g/mol. The van der Waals surface area contributed by atoms with Gasteiger partial charge in [-0.3, -0.25) is 19.3 Å². The number of carbonyl (C=O) groups is 4. The third kappa shape index (κ3) is 3.97. The molecular weight excluding hydrogens is 291 g/mol. The second kappa shape index (κ2) is 8.02. The minimum atomic E-state index is -1.09. The number of aryl methyl sites for hydroxylation is 1. The summed E-state index contributed by atoms with van der Waals surface area (Å²) in [5, 5.41) is 2.35. The number of nitrogens with one attached hydrogen (secondary N) is 1. The maximum atomic E-state index is 13.1. The zero-order valence-electron chi connectivity index (χ0n) is 12.3. The van der Waals surface area contributed by atoms with Crippen LogP contribution in [-0.4, -0.2) is 42.5 Å². The number of halogens is 1. The van der Waals surface area contributed by atoms with E-state index in [9.17, 15) is 23.6 Å². The number of likely N-dealkylation sites (N-methyl/N-ethyl adjacent to an activating group) is 1. The van der Waals surface area contributed by atoms with Crippen molar-refractivity contribution in [2.45, 2.75) is 25.8 Å². The lowest BCUT2D eigenvalue weighted by Crippen LogP contribution is -2.48. The Bertz CT molecular complexity index is 589. The molecule has 0 saturated carbocycles. The Kier molecular flexibility index (Phi) is 6.37. The summed E-state index contributed by atoms with van der Waals surface area (Å²) in [4.78, 5) is 46.8. The van der Waals surface area contributed by atoms with Crippen LogP contribution in [0.1, 0.15) is 28.8 Å². The minimum Gasteiger partial charge on any atom is -0.357 e. The van der Waals surface area contributed by atoms with Gasteiger partial charge >= 0.3 is 0 Å². The molecule has 0 fully saturated rings. The number of aldehydes is 1. The molecule has 1 rings (SSSR count). The molecule has 0 aliphatic heterocycles. The number of rotatable bonds is 7. The van der Waals surface area contributed by atoms with Gasteiger partial charge in [-0.1, -0.05) is 0 Å². The van der Waals surface area contributed by atoms with Gasteiger partial charge in [-0.2, -0.15) is 0 Å². The molecule has 22 heavy (non-hydrogen) atoms. The molecule has 1 aromatic carbocycles. The molecule has 1 aromatic rings. The van der Waals surface area contributed by atoms with E-state index in [-0.39, 0.29) is 24.8 Å². The van der Waals surface area contributed by atoms with Gasteiger partial charge in [0.1, 0.15) is 18.1 Å². The first-order chi connectivity index (χ1) is 10.5. The van der Waals surface area contributed by atoms with E-state index in [0.717, 1.165) is 17.0 Å². The number of amides is 3. The van der Waals surface area contributed by atoms with E-state index in [1.807, 2.05) is 0 Å². The van der Waals surface area contributed by atoms with Gasteiger partial charge in [-0.25, -0.2) is 4.39 Å². The summed E-state index contributed by atoms with van der Waals surface area (Å²) in [7, 11) is 1.37. The van der Waals surface area contributed by atoms with E-state index in [2.05, 4.69) is 5.32 Å². The van der Waals surface area contributed by atoms with Gasteiger partial charge in [0, 0.05) is 19.0 Å². The first-order valence-electron chi connectivity index (χ1n) is 6.65. The summed E-state index contributed by atoms with van der Waals surface area (Å²) in [6.07, 6.45) is 0.897. The van der Waals surface area contributed by atoms with Crippen LogP contribution in [0.3, 0.4) is 0 Å². The molecule has 3 amide bonds. The van der Waals surface area contributed by atoms with Crippen LogP contribution in [0.5, 0.6) is 0 Å². The Balaban J connectivity index is 3.14. The lowest BCUT2D eigenvalue weighted by Gasteiger charge is -2.25. The summed E-state index contributed by atoms with van der Waals surface area (Å²) in [5.41, 5.74) is 0.469. The van der Waals surface area contributed by atoms with Crippen molar-refractivity contribution < 1.29 is 23.6 Å². The predicted molar refractivity (Wildman–Crippen MR) is 76.5 cm³/mol. The Morgan fingerprint density at radius 3 is 2.55 bits per heavy atom. The smallest absolute Gasteiger partial charge is 0.261 e. The van der Waals surface area contributed by atoms with Crippen LogP contribution in [0.25, 0.3) is 0 Å². The number of hydrogen-bond acceptors (Lipinski definition) is 4. The van der Waals surface area contributed by atoms with Crippen molar-refractivity contribution in [2.75, 3.05) is 7.05 Å². The molecule has 0 radical (unpaired) electrons. The van der Waals surface area contributed by atoms with Gasteiger partial charge < -0.3 is 10.1 Å². The molecule has 1 unspecified atom stereocenters. The molecule has 0 aliphatic rings. The fourth-order valence-electron chi connectivity index (χ4n) is 2.06. The van der Waals surface area contributed by atoms with Crippen molar-refractivity contribution in [3.05, 3.63) is 35.1 Å². The van der Waals surface area contributed by atoms with Crippen LogP contribution < -0.4 is 5.32 Å². The van der Waals surface area contributed by atoms with Crippen LogP contribution in [0.2, 0.25) is 0 Å². The largest absolute Gasteiger partial charge is 0.357 e. The van der Waals surface area contributed by atoms with Crippen molar-refractivity contribution in [1.82, 2.24) is 10.2 Å². The number of benzene rings is 1. The van der Waals surface area contributed by atoms with Gasteiger partial charge in [0.25, 0.3) is 5.91 Å². The molecule has 7 heteroatoms. The normalized spacial score (nSPS) is 11.4. The average molecular weight is 308 g/mol. The summed E-state index contributed by atoms with van der Waals surface area (Å²) in [5.74, 6) is -1.77. The number of imide groups is 1. The molecule has 0 heterocycles. The second-order valence-corrected chi connectivity index (χ2v) is 4.65. The van der Waals surface area contributed by atoms with Crippen LogP contribution >= 0.6 is 0 Å². The molecule has 0 spiro atoms. The van der Waals surface area contributed by atoms with Crippen LogP contribution in [0, 0.1) is 12.7 Å². The molecule has 1 N–H and O–H groups in total. The SMILES string of the molecule is CNC(=O)C(CCC=O)N(C=O)C(=O)c1ccc(F)cc1C. The number of hydrogen-bond donors (Lipinski definition) is 1. The summed E-state index contributed by atoms with van der Waals surface area (Å²) in [6, 6.07) is 2.43. The highest BCUT2D eigenvalue weighted by Crippen LogP contribution is 2.15. The molecule has 0 saturated heterocycles. The van der Waals surface area contributed by atoms with E-state index in [4.69, 9.17) is 0 Å². The van der Waals surface area contributed by atoms with Crippen molar-refractivity contribution in [3.8, 4) is 0 Å². The highest BCUT2D eigenvalue weighted by atomic mass is 19.1. The zero-order valence-corrected chi connectivity index (χ0v) is 12.3. The third-order valence-corrected chi connectivity index (χ3v) is 3.21. The Morgan fingerprint density at radius 2 is 2.05 bits per heavy atom. The number of carbonyl (C=O) groups excluding carboxylic acids is 4. The maximum absolute atomic E-state index is 13.1. The molecule has 0 aliphatic carbocycles. The van der Waals surface area contributed by atoms with Crippen molar-refractivity contribution in [3.63, 3.8) is 0 Å². The Morgan fingerprint density at radius 1 is 1.36 bits per heavy atom. The van der Waals surface area contributed by atoms with Crippen molar-refractivity contribution >= 4 is 24.5 Å². The quantitative estimate of drug-likeness (QED) is 0.756. The lowest BCUT2D eigenvalue weighted by molar-refractivity contribution is -0.131. The highest BCUT2D eigenvalue weighted by molar-refractivity contribution is 6.04. The van der Waals surface area contributed by atoms with Gasteiger partial charge in [0.15, 0.2) is 0 Å². The molecular formula is C15H17FN2O4. The Hall–Kier alpha value is -2.57. The summed E-state index contributed by atoms with van der Waals surface area (Å²) >= 11 is 0. The van der Waals surface area contributed by atoms with Crippen LogP contribution in [0.4, 0.5) is 4.39 Å². The topological polar surface area (TPSA) is 83.6 Å². The molecule has 0 bridgehead atoms. The molecule has 1 atom stereocenters. The van der Waals surface area contributed by atoms with E-state index in [1.165, 1.54) is 20.0 Å².